The SMILES string of the molecule is CCCC1(CCc2cccc(NS(=O)(=O)c3ccccn3)c2)CC(O)=C(C(CC)c2cccc(NS(=O)(=O)c3ccccn3)c2)C(=O)O1. The Bertz CT molecular complexity index is 2000. The minimum Gasteiger partial charge on any atom is -0.512 e. The van der Waals surface area contributed by atoms with Crippen LogP contribution < -0.4 is 9.44 Å². The number of hydrogen-bond acceptors (Lipinski definition) is 9. The van der Waals surface area contributed by atoms with E-state index in [1.165, 1.54) is 24.5 Å². The van der Waals surface area contributed by atoms with Crippen molar-refractivity contribution in [2.75, 3.05) is 9.44 Å². The van der Waals surface area contributed by atoms with Crippen LogP contribution in [0, 0.1) is 0 Å². The number of esters is 1. The zero-order valence-electron chi connectivity index (χ0n) is 26.7. The Kier molecular flexibility index (Phi) is 10.5. The molecule has 1 aliphatic heterocycles. The van der Waals surface area contributed by atoms with Gasteiger partial charge in [-0.2, -0.15) is 16.8 Å². The largest absolute Gasteiger partial charge is 0.512 e. The fraction of sp³-hybridized carbons (Fsp3) is 0.286. The minimum atomic E-state index is -3.94. The van der Waals surface area contributed by atoms with E-state index in [2.05, 4.69) is 19.4 Å². The van der Waals surface area contributed by atoms with E-state index in [4.69, 9.17) is 4.74 Å². The van der Waals surface area contributed by atoms with Gasteiger partial charge in [-0.15, -0.1) is 0 Å². The molecule has 4 aromatic rings. The number of aromatic nitrogens is 2. The predicted molar refractivity (Wildman–Crippen MR) is 182 cm³/mol. The molecule has 0 bridgehead atoms. The molecule has 2 unspecified atom stereocenters. The lowest BCUT2D eigenvalue weighted by Crippen LogP contribution is -2.41. The number of rotatable bonds is 14. The maximum Gasteiger partial charge on any atom is 0.338 e. The maximum absolute atomic E-state index is 13.7. The number of anilines is 2. The fourth-order valence-corrected chi connectivity index (χ4v) is 8.02. The molecule has 0 spiro atoms. The van der Waals surface area contributed by atoms with Gasteiger partial charge in [0.25, 0.3) is 20.0 Å². The van der Waals surface area contributed by atoms with Gasteiger partial charge in [-0.25, -0.2) is 14.8 Å². The number of aliphatic hydroxyl groups excluding tert-OH is 1. The minimum absolute atomic E-state index is 0.0529. The lowest BCUT2D eigenvalue weighted by atomic mass is 9.80. The highest BCUT2D eigenvalue weighted by atomic mass is 32.2. The highest BCUT2D eigenvalue weighted by Crippen LogP contribution is 2.42. The highest BCUT2D eigenvalue weighted by Gasteiger charge is 2.43. The van der Waals surface area contributed by atoms with E-state index in [0.717, 1.165) is 5.56 Å². The first-order valence-electron chi connectivity index (χ1n) is 15.7. The van der Waals surface area contributed by atoms with E-state index < -0.39 is 37.5 Å². The number of nitrogens with zero attached hydrogens (tertiary/aromatic N) is 2. The van der Waals surface area contributed by atoms with E-state index in [9.17, 15) is 26.7 Å². The molecule has 1 aliphatic rings. The molecule has 13 heteroatoms. The molecule has 2 atom stereocenters. The van der Waals surface area contributed by atoms with Crippen LogP contribution in [0.5, 0.6) is 0 Å². The number of aliphatic hydroxyl groups is 1. The number of benzene rings is 2. The Morgan fingerprint density at radius 3 is 1.96 bits per heavy atom. The van der Waals surface area contributed by atoms with Gasteiger partial charge in [0, 0.05) is 36.1 Å². The van der Waals surface area contributed by atoms with Crippen molar-refractivity contribution in [3.63, 3.8) is 0 Å². The second-order valence-corrected chi connectivity index (χ2v) is 15.0. The number of aryl methyl sites for hydroxylation is 1. The first-order valence-corrected chi connectivity index (χ1v) is 18.6. The molecule has 2 aromatic heterocycles. The number of nitrogens with one attached hydrogen (secondary N) is 2. The Labute approximate surface area is 281 Å². The van der Waals surface area contributed by atoms with E-state index >= 15 is 0 Å². The summed E-state index contributed by atoms with van der Waals surface area (Å²) in [4.78, 5) is 21.5. The van der Waals surface area contributed by atoms with Crippen LogP contribution in [0.4, 0.5) is 11.4 Å². The zero-order valence-corrected chi connectivity index (χ0v) is 28.3. The molecule has 5 rings (SSSR count). The fourth-order valence-electron chi connectivity index (χ4n) is 6.02. The van der Waals surface area contributed by atoms with Crippen LogP contribution in [0.1, 0.15) is 63.0 Å². The Morgan fingerprint density at radius 2 is 1.42 bits per heavy atom. The molecule has 0 fully saturated rings. The average molecular weight is 691 g/mol. The molecular formula is C35H38N4O7S2. The van der Waals surface area contributed by atoms with Crippen molar-refractivity contribution in [2.24, 2.45) is 0 Å². The van der Waals surface area contributed by atoms with Crippen molar-refractivity contribution in [1.82, 2.24) is 9.97 Å². The number of carbonyl (C=O) groups is 1. The number of hydrogen-bond donors (Lipinski definition) is 3. The molecule has 0 amide bonds. The van der Waals surface area contributed by atoms with E-state index in [-0.39, 0.29) is 27.8 Å². The van der Waals surface area contributed by atoms with Crippen molar-refractivity contribution in [2.45, 2.75) is 73.9 Å². The molecule has 11 nitrogen and oxygen atoms in total. The van der Waals surface area contributed by atoms with Gasteiger partial charge in [0.15, 0.2) is 10.1 Å². The van der Waals surface area contributed by atoms with Crippen LogP contribution in [0.15, 0.2) is 119 Å². The van der Waals surface area contributed by atoms with Crippen LogP contribution >= 0.6 is 0 Å². The molecule has 0 saturated heterocycles. The molecule has 3 heterocycles. The van der Waals surface area contributed by atoms with Crippen molar-refractivity contribution >= 4 is 37.4 Å². The number of ether oxygens (including phenoxy) is 1. The summed E-state index contributed by atoms with van der Waals surface area (Å²) in [7, 11) is -7.81. The monoisotopic (exact) mass is 690 g/mol. The standard InChI is InChI=1S/C35H38N4O7S2/c1-3-18-35(19-17-25-11-9-13-27(22-25)38-47(42,43)31-15-5-7-20-36-31)24-30(40)33(34(41)46-35)29(4-2)26-12-10-14-28(23-26)39-48(44,45)32-16-6-8-21-37-32/h5-16,20-23,29,38-40H,3-4,17-19,24H2,1-2H3. The van der Waals surface area contributed by atoms with Gasteiger partial charge in [0.1, 0.15) is 11.4 Å². The van der Waals surface area contributed by atoms with Gasteiger partial charge in [-0.3, -0.25) is 9.44 Å². The van der Waals surface area contributed by atoms with Crippen molar-refractivity contribution in [1.29, 1.82) is 0 Å². The van der Waals surface area contributed by atoms with Crippen molar-refractivity contribution in [3.8, 4) is 0 Å². The summed E-state index contributed by atoms with van der Waals surface area (Å²) in [6, 6.07) is 23.0. The van der Waals surface area contributed by atoms with Gasteiger partial charge < -0.3 is 9.84 Å². The predicted octanol–water partition coefficient (Wildman–Crippen LogP) is 6.50. The summed E-state index contributed by atoms with van der Waals surface area (Å²) in [6.45, 7) is 3.86. The van der Waals surface area contributed by atoms with Gasteiger partial charge >= 0.3 is 5.97 Å². The summed E-state index contributed by atoms with van der Waals surface area (Å²) < 4.78 is 62.6. The third-order valence-corrected chi connectivity index (χ3v) is 10.8. The first-order chi connectivity index (χ1) is 22.9. The summed E-state index contributed by atoms with van der Waals surface area (Å²) in [6.07, 6.45) is 5.47. The average Bonchev–Trinajstić information content (AvgIpc) is 3.06. The lowest BCUT2D eigenvalue weighted by Gasteiger charge is -2.38. The molecule has 2 aromatic carbocycles. The third-order valence-electron chi connectivity index (χ3n) is 8.21. The van der Waals surface area contributed by atoms with Gasteiger partial charge in [0.05, 0.1) is 5.57 Å². The van der Waals surface area contributed by atoms with E-state index in [1.54, 1.807) is 66.7 Å². The number of cyclic esters (lactones) is 1. The molecule has 3 N–H and O–H groups in total. The molecule has 0 radical (unpaired) electrons. The van der Waals surface area contributed by atoms with Crippen LogP contribution in [0.25, 0.3) is 0 Å². The smallest absolute Gasteiger partial charge is 0.338 e. The van der Waals surface area contributed by atoms with Gasteiger partial charge in [-0.05, 0) is 85.3 Å². The van der Waals surface area contributed by atoms with Crippen LogP contribution in [0.3, 0.4) is 0 Å². The maximum atomic E-state index is 13.7. The van der Waals surface area contributed by atoms with Crippen molar-refractivity contribution in [3.05, 3.63) is 120 Å². The Morgan fingerprint density at radius 1 is 0.812 bits per heavy atom. The summed E-state index contributed by atoms with van der Waals surface area (Å²) in [5.41, 5.74) is 1.34. The summed E-state index contributed by atoms with van der Waals surface area (Å²) in [5, 5.41) is 11.2. The summed E-state index contributed by atoms with van der Waals surface area (Å²) >= 11 is 0. The molecule has 48 heavy (non-hydrogen) atoms. The zero-order chi connectivity index (χ0) is 34.4. The number of carbonyl (C=O) groups excluding carboxylic acids is 1. The second kappa shape index (κ2) is 14.6. The van der Waals surface area contributed by atoms with E-state index in [0.29, 0.717) is 49.0 Å². The molecule has 0 aliphatic carbocycles. The normalized spacial score (nSPS) is 17.4. The summed E-state index contributed by atoms with van der Waals surface area (Å²) in [5.74, 6) is -1.21. The molecule has 252 valence electrons. The lowest BCUT2D eigenvalue weighted by molar-refractivity contribution is -0.161. The van der Waals surface area contributed by atoms with Crippen LogP contribution in [-0.2, 0) is 36.0 Å². The van der Waals surface area contributed by atoms with Crippen LogP contribution in [-0.4, -0.2) is 43.5 Å². The Hall–Kier alpha value is -4.75. The second-order valence-electron chi connectivity index (χ2n) is 11.7. The number of sulfonamides is 2. The van der Waals surface area contributed by atoms with Crippen molar-refractivity contribution < 1.29 is 31.5 Å². The molecule has 0 saturated carbocycles. The van der Waals surface area contributed by atoms with Gasteiger partial charge in [-0.1, -0.05) is 56.7 Å². The molecular weight excluding hydrogens is 653 g/mol. The van der Waals surface area contributed by atoms with Gasteiger partial charge in [0.2, 0.25) is 0 Å². The topological polar surface area (TPSA) is 165 Å². The third kappa shape index (κ3) is 8.03. The first kappa shape index (κ1) is 34.6. The van der Waals surface area contributed by atoms with Crippen LogP contribution in [0.2, 0.25) is 0 Å². The quantitative estimate of drug-likeness (QED) is 0.125. The number of pyridine rings is 2. The highest BCUT2D eigenvalue weighted by molar-refractivity contribution is 7.93. The van der Waals surface area contributed by atoms with E-state index in [1.807, 2.05) is 19.9 Å². The Balaban J connectivity index is 1.33.